The summed E-state index contributed by atoms with van der Waals surface area (Å²) in [4.78, 5) is 33.7. The first-order valence-electron chi connectivity index (χ1n) is 12.3. The molecule has 1 saturated heterocycles. The molecule has 6 nitrogen and oxygen atoms in total. The molecule has 2 atom stereocenters. The number of hydrogen-bond acceptors (Lipinski definition) is 4. The molecule has 0 unspecified atom stereocenters. The van der Waals surface area contributed by atoms with E-state index < -0.39 is 12.0 Å². The average molecular weight is 488 g/mol. The maximum absolute atomic E-state index is 14.2. The average Bonchev–Trinajstić information content (AvgIpc) is 2.93. The highest BCUT2D eigenvalue weighted by atomic mass is 19.1. The molecule has 5 rings (SSSR count). The van der Waals surface area contributed by atoms with E-state index in [9.17, 15) is 14.0 Å². The Kier molecular flexibility index (Phi) is 7.00. The molecule has 0 aromatic heterocycles. The van der Waals surface area contributed by atoms with Crippen LogP contribution in [0.3, 0.4) is 0 Å². The summed E-state index contributed by atoms with van der Waals surface area (Å²) < 4.78 is 19.1. The number of carbonyl (C=O) groups excluding carboxylic acids is 2. The van der Waals surface area contributed by atoms with Crippen LogP contribution in [0.5, 0.6) is 0 Å². The zero-order valence-corrected chi connectivity index (χ0v) is 20.3. The van der Waals surface area contributed by atoms with Gasteiger partial charge in [0.05, 0.1) is 18.6 Å². The van der Waals surface area contributed by atoms with E-state index in [1.54, 1.807) is 30.2 Å². The van der Waals surface area contributed by atoms with Crippen LogP contribution in [0.1, 0.15) is 33.4 Å². The van der Waals surface area contributed by atoms with Crippen LogP contribution in [0, 0.1) is 5.82 Å². The fourth-order valence-electron chi connectivity index (χ4n) is 5.35. The highest BCUT2D eigenvalue weighted by Gasteiger charge is 2.45. The molecule has 2 heterocycles. The van der Waals surface area contributed by atoms with Gasteiger partial charge in [0.25, 0.3) is 5.91 Å². The van der Waals surface area contributed by atoms with E-state index in [2.05, 4.69) is 17.0 Å². The van der Waals surface area contributed by atoms with Gasteiger partial charge in [-0.25, -0.2) is 4.39 Å². The van der Waals surface area contributed by atoms with Gasteiger partial charge in [-0.1, -0.05) is 48.5 Å². The Morgan fingerprint density at radius 1 is 0.917 bits per heavy atom. The van der Waals surface area contributed by atoms with E-state index in [-0.39, 0.29) is 17.6 Å². The van der Waals surface area contributed by atoms with Crippen molar-refractivity contribution < 1.29 is 18.7 Å². The fraction of sp³-hybridized carbons (Fsp3) is 0.310. The Bertz CT molecular complexity index is 1210. The number of hydrogen-bond donors (Lipinski definition) is 0. The van der Waals surface area contributed by atoms with Gasteiger partial charge in [0.1, 0.15) is 5.82 Å². The smallest absolute Gasteiger partial charge is 0.254 e. The maximum Gasteiger partial charge on any atom is 0.254 e. The molecule has 0 bridgehead atoms. The second-order valence-electron chi connectivity index (χ2n) is 9.20. The molecule has 1 fully saturated rings. The van der Waals surface area contributed by atoms with E-state index in [4.69, 9.17) is 4.74 Å². The quantitative estimate of drug-likeness (QED) is 0.525. The molecule has 2 aliphatic heterocycles. The van der Waals surface area contributed by atoms with E-state index in [1.807, 2.05) is 41.3 Å². The van der Waals surface area contributed by atoms with E-state index in [0.29, 0.717) is 31.8 Å². The highest BCUT2D eigenvalue weighted by molar-refractivity contribution is 6.01. The number of carbonyl (C=O) groups is 2. The van der Waals surface area contributed by atoms with Crippen molar-refractivity contribution in [3.8, 4) is 0 Å². The number of rotatable bonds is 6. The number of piperazine rings is 1. The lowest BCUT2D eigenvalue weighted by Crippen LogP contribution is -2.53. The highest BCUT2D eigenvalue weighted by Crippen LogP contribution is 2.43. The third-order valence-electron chi connectivity index (χ3n) is 7.17. The Morgan fingerprint density at radius 3 is 2.28 bits per heavy atom. The number of halogens is 1. The van der Waals surface area contributed by atoms with Gasteiger partial charge in [-0.15, -0.1) is 0 Å². The molecule has 2 aliphatic rings. The van der Waals surface area contributed by atoms with Crippen LogP contribution >= 0.6 is 0 Å². The standard InChI is InChI=1S/C29H30FN3O3/c1-36-20-19-33-27(21-11-13-22(30)14-12-21)26(24-9-5-6-10-25(24)28(33)34)29(35)32-17-15-31(16-18-32)23-7-3-2-4-8-23/h2-14,26-27H,15-20H2,1H3/t26-,27+/m0/s1. The predicted octanol–water partition coefficient (Wildman–Crippen LogP) is 4.10. The van der Waals surface area contributed by atoms with Crippen LogP contribution in [-0.2, 0) is 9.53 Å². The molecule has 186 valence electrons. The molecule has 36 heavy (non-hydrogen) atoms. The number of fused-ring (bicyclic) bond motifs is 1. The summed E-state index contributed by atoms with van der Waals surface area (Å²) in [6.45, 7) is 3.32. The molecule has 0 saturated carbocycles. The van der Waals surface area contributed by atoms with Gasteiger partial charge < -0.3 is 19.4 Å². The Balaban J connectivity index is 1.50. The molecule has 0 spiro atoms. The number of benzene rings is 3. The summed E-state index contributed by atoms with van der Waals surface area (Å²) in [5.74, 6) is -1.11. The van der Waals surface area contributed by atoms with Gasteiger partial charge in [-0.2, -0.15) is 0 Å². The number of nitrogens with zero attached hydrogens (tertiary/aromatic N) is 3. The number of anilines is 1. The topological polar surface area (TPSA) is 53.1 Å². The summed E-state index contributed by atoms with van der Waals surface area (Å²) in [5.41, 5.74) is 3.14. The normalized spacial score (nSPS) is 19.8. The van der Waals surface area contributed by atoms with Crippen molar-refractivity contribution in [1.29, 1.82) is 0 Å². The molecular weight excluding hydrogens is 457 g/mol. The van der Waals surface area contributed by atoms with Crippen LogP contribution in [0.2, 0.25) is 0 Å². The monoisotopic (exact) mass is 487 g/mol. The summed E-state index contributed by atoms with van der Waals surface area (Å²) in [5, 5.41) is 0. The van der Waals surface area contributed by atoms with Crippen LogP contribution in [0.25, 0.3) is 0 Å². The van der Waals surface area contributed by atoms with Crippen LogP contribution in [0.4, 0.5) is 10.1 Å². The molecule has 3 aromatic carbocycles. The van der Waals surface area contributed by atoms with Gasteiger partial charge in [0, 0.05) is 51.1 Å². The zero-order valence-electron chi connectivity index (χ0n) is 20.3. The van der Waals surface area contributed by atoms with Crippen LogP contribution in [0.15, 0.2) is 78.9 Å². The number of ether oxygens (including phenoxy) is 1. The summed E-state index contributed by atoms with van der Waals surface area (Å²) >= 11 is 0. The third kappa shape index (κ3) is 4.58. The second-order valence-corrected chi connectivity index (χ2v) is 9.20. The van der Waals surface area contributed by atoms with Gasteiger partial charge >= 0.3 is 0 Å². The van der Waals surface area contributed by atoms with Crippen molar-refractivity contribution in [2.24, 2.45) is 0 Å². The predicted molar refractivity (Wildman–Crippen MR) is 136 cm³/mol. The minimum Gasteiger partial charge on any atom is -0.383 e. The van der Waals surface area contributed by atoms with Crippen molar-refractivity contribution in [2.45, 2.75) is 12.0 Å². The lowest BCUT2D eigenvalue weighted by Gasteiger charge is -2.44. The minimum absolute atomic E-state index is 0.0144. The Labute approximate surface area is 210 Å². The van der Waals surface area contributed by atoms with Gasteiger partial charge in [0.2, 0.25) is 5.91 Å². The first-order chi connectivity index (χ1) is 17.6. The van der Waals surface area contributed by atoms with Crippen LogP contribution in [-0.4, -0.2) is 68.1 Å². The zero-order chi connectivity index (χ0) is 25.1. The number of amides is 2. The molecule has 3 aromatic rings. The maximum atomic E-state index is 14.2. The Hall–Kier alpha value is -3.71. The lowest BCUT2D eigenvalue weighted by atomic mass is 9.78. The fourth-order valence-corrected chi connectivity index (χ4v) is 5.35. The van der Waals surface area contributed by atoms with E-state index >= 15 is 0 Å². The van der Waals surface area contributed by atoms with Crippen molar-refractivity contribution in [1.82, 2.24) is 9.80 Å². The van der Waals surface area contributed by atoms with Crippen molar-refractivity contribution in [2.75, 3.05) is 51.3 Å². The molecule has 0 aliphatic carbocycles. The lowest BCUT2D eigenvalue weighted by molar-refractivity contribution is -0.135. The SMILES string of the molecule is COCCN1C(=O)c2ccccc2[C@H](C(=O)N2CCN(c3ccccc3)CC2)[C@H]1c1ccc(F)cc1. The minimum atomic E-state index is -0.593. The summed E-state index contributed by atoms with van der Waals surface area (Å²) in [6.07, 6.45) is 0. The van der Waals surface area contributed by atoms with Crippen molar-refractivity contribution in [3.05, 3.63) is 101 Å². The first-order valence-corrected chi connectivity index (χ1v) is 12.3. The number of methoxy groups -OCH3 is 1. The molecular formula is C29H30FN3O3. The van der Waals surface area contributed by atoms with Gasteiger partial charge in [-0.05, 0) is 41.5 Å². The Morgan fingerprint density at radius 2 is 1.58 bits per heavy atom. The number of para-hydroxylation sites is 1. The largest absolute Gasteiger partial charge is 0.383 e. The van der Waals surface area contributed by atoms with Crippen molar-refractivity contribution >= 4 is 17.5 Å². The molecule has 7 heteroatoms. The van der Waals surface area contributed by atoms with Crippen molar-refractivity contribution in [3.63, 3.8) is 0 Å². The summed E-state index contributed by atoms with van der Waals surface area (Å²) in [6, 6.07) is 23.1. The second kappa shape index (κ2) is 10.5. The molecule has 0 radical (unpaired) electrons. The molecule has 0 N–H and O–H groups in total. The van der Waals surface area contributed by atoms with Gasteiger partial charge in [0.15, 0.2) is 0 Å². The van der Waals surface area contributed by atoms with E-state index in [0.717, 1.165) is 29.9 Å². The third-order valence-corrected chi connectivity index (χ3v) is 7.17. The summed E-state index contributed by atoms with van der Waals surface area (Å²) in [7, 11) is 1.59. The van der Waals surface area contributed by atoms with Crippen LogP contribution < -0.4 is 4.90 Å². The molecule has 2 amide bonds. The first kappa shape index (κ1) is 24.0. The van der Waals surface area contributed by atoms with Gasteiger partial charge in [-0.3, -0.25) is 9.59 Å². The van der Waals surface area contributed by atoms with E-state index in [1.165, 1.54) is 12.1 Å².